The Bertz CT molecular complexity index is 607. The van der Waals surface area contributed by atoms with Gasteiger partial charge in [0, 0.05) is 25.9 Å². The van der Waals surface area contributed by atoms with Crippen LogP contribution in [0.4, 0.5) is 0 Å². The molecule has 106 valence electrons. The van der Waals surface area contributed by atoms with Crippen molar-refractivity contribution in [2.75, 3.05) is 0 Å². The summed E-state index contributed by atoms with van der Waals surface area (Å²) in [5, 5.41) is 4.77. The number of nitrogens with zero attached hydrogens (tertiary/aromatic N) is 2. The van der Waals surface area contributed by atoms with Gasteiger partial charge in [-0.2, -0.15) is 5.10 Å². The van der Waals surface area contributed by atoms with E-state index < -0.39 is 0 Å². The predicted molar refractivity (Wildman–Crippen MR) is 79.7 cm³/mol. The molecule has 1 atom stereocenters. The van der Waals surface area contributed by atoms with Crippen molar-refractivity contribution in [2.24, 2.45) is 12.8 Å². The largest absolute Gasteiger partial charge is 0.324 e. The molecule has 2 rings (SSSR count). The Morgan fingerprint density at radius 3 is 2.60 bits per heavy atom. The van der Waals surface area contributed by atoms with Gasteiger partial charge < -0.3 is 5.73 Å². The zero-order valence-electron chi connectivity index (χ0n) is 11.6. The Morgan fingerprint density at radius 1 is 1.40 bits per heavy atom. The highest BCUT2D eigenvalue weighted by molar-refractivity contribution is 6.32. The lowest BCUT2D eigenvalue weighted by molar-refractivity contribution is -0.118. The number of aryl methyl sites for hydroxylation is 2. The quantitative estimate of drug-likeness (QED) is 0.921. The molecule has 1 unspecified atom stereocenters. The van der Waals surface area contributed by atoms with Gasteiger partial charge in [-0.15, -0.1) is 0 Å². The van der Waals surface area contributed by atoms with Crippen LogP contribution in [0.1, 0.15) is 29.4 Å². The molecule has 0 aliphatic carbocycles. The van der Waals surface area contributed by atoms with Gasteiger partial charge >= 0.3 is 0 Å². The number of carbonyl (C=O) groups is 1. The van der Waals surface area contributed by atoms with Crippen LogP contribution >= 0.6 is 11.6 Å². The monoisotopic (exact) mass is 291 g/mol. The van der Waals surface area contributed by atoms with Crippen molar-refractivity contribution in [2.45, 2.75) is 25.8 Å². The van der Waals surface area contributed by atoms with E-state index in [-0.39, 0.29) is 18.2 Å². The highest BCUT2D eigenvalue weighted by atomic mass is 35.5. The standard InChI is InChI=1S/C15H18ClN3O/c1-10-15(16)14(19(2)18-10)9-12(20)8-13(17)11-6-4-3-5-7-11/h3-7,13H,8-9,17H2,1-2H3. The Balaban J connectivity index is 2.03. The van der Waals surface area contributed by atoms with E-state index in [1.54, 1.807) is 11.7 Å². The molecular weight excluding hydrogens is 274 g/mol. The fourth-order valence-electron chi connectivity index (χ4n) is 2.19. The number of benzene rings is 1. The van der Waals surface area contributed by atoms with Crippen molar-refractivity contribution in [3.8, 4) is 0 Å². The predicted octanol–water partition coefficient (Wildman–Crippen LogP) is 2.58. The summed E-state index contributed by atoms with van der Waals surface area (Å²) in [6.45, 7) is 1.83. The fourth-order valence-corrected chi connectivity index (χ4v) is 2.42. The lowest BCUT2D eigenvalue weighted by Gasteiger charge is -2.11. The summed E-state index contributed by atoms with van der Waals surface area (Å²) in [6, 6.07) is 9.34. The molecule has 0 bridgehead atoms. The second-order valence-electron chi connectivity index (χ2n) is 4.91. The van der Waals surface area contributed by atoms with Crippen LogP contribution in [0.5, 0.6) is 0 Å². The van der Waals surface area contributed by atoms with Crippen molar-refractivity contribution in [1.29, 1.82) is 0 Å². The van der Waals surface area contributed by atoms with E-state index in [9.17, 15) is 4.79 Å². The molecule has 1 heterocycles. The normalized spacial score (nSPS) is 12.4. The van der Waals surface area contributed by atoms with Gasteiger partial charge in [0.1, 0.15) is 5.78 Å². The first kappa shape index (κ1) is 14.8. The minimum absolute atomic E-state index is 0.0613. The van der Waals surface area contributed by atoms with Crippen molar-refractivity contribution >= 4 is 17.4 Å². The first-order valence-corrected chi connectivity index (χ1v) is 6.87. The van der Waals surface area contributed by atoms with Gasteiger partial charge in [-0.05, 0) is 12.5 Å². The van der Waals surface area contributed by atoms with Crippen molar-refractivity contribution in [3.05, 3.63) is 52.3 Å². The number of rotatable bonds is 5. The first-order chi connectivity index (χ1) is 9.49. The molecule has 20 heavy (non-hydrogen) atoms. The average Bonchev–Trinajstić information content (AvgIpc) is 2.66. The summed E-state index contributed by atoms with van der Waals surface area (Å²) < 4.78 is 1.66. The van der Waals surface area contributed by atoms with E-state index in [4.69, 9.17) is 17.3 Å². The molecule has 1 aromatic carbocycles. The van der Waals surface area contributed by atoms with Gasteiger partial charge in [-0.3, -0.25) is 9.48 Å². The van der Waals surface area contributed by atoms with E-state index in [0.29, 0.717) is 11.4 Å². The van der Waals surface area contributed by atoms with E-state index in [2.05, 4.69) is 5.10 Å². The molecule has 0 radical (unpaired) electrons. The zero-order valence-corrected chi connectivity index (χ0v) is 12.4. The second-order valence-corrected chi connectivity index (χ2v) is 5.28. The molecule has 0 amide bonds. The molecule has 0 aliphatic rings. The highest BCUT2D eigenvalue weighted by Gasteiger charge is 2.17. The van der Waals surface area contributed by atoms with Crippen LogP contribution in [0.25, 0.3) is 0 Å². The number of hydrogen-bond acceptors (Lipinski definition) is 3. The molecule has 0 fully saturated rings. The maximum atomic E-state index is 12.1. The van der Waals surface area contributed by atoms with Gasteiger partial charge in [0.05, 0.1) is 16.4 Å². The van der Waals surface area contributed by atoms with Gasteiger partial charge in [-0.1, -0.05) is 41.9 Å². The maximum absolute atomic E-state index is 12.1. The molecule has 4 nitrogen and oxygen atoms in total. The molecule has 2 N–H and O–H groups in total. The zero-order chi connectivity index (χ0) is 14.7. The SMILES string of the molecule is Cc1nn(C)c(CC(=O)CC(N)c2ccccc2)c1Cl. The number of carbonyl (C=O) groups excluding carboxylic acids is 1. The molecule has 0 aliphatic heterocycles. The Hall–Kier alpha value is -1.65. The van der Waals surface area contributed by atoms with E-state index >= 15 is 0 Å². The van der Waals surface area contributed by atoms with Crippen LogP contribution in [0.15, 0.2) is 30.3 Å². The smallest absolute Gasteiger partial charge is 0.140 e. The summed E-state index contributed by atoms with van der Waals surface area (Å²) in [5.74, 6) is 0.0613. The van der Waals surface area contributed by atoms with E-state index in [0.717, 1.165) is 17.0 Å². The van der Waals surface area contributed by atoms with E-state index in [1.807, 2.05) is 37.3 Å². The Labute approximate surface area is 123 Å². The molecule has 0 saturated heterocycles. The van der Waals surface area contributed by atoms with Crippen molar-refractivity contribution in [1.82, 2.24) is 9.78 Å². The van der Waals surface area contributed by atoms with Gasteiger partial charge in [-0.25, -0.2) is 0 Å². The molecule has 2 aromatic rings. The second kappa shape index (κ2) is 6.20. The molecule has 1 aromatic heterocycles. The van der Waals surface area contributed by atoms with Crippen molar-refractivity contribution < 1.29 is 4.79 Å². The van der Waals surface area contributed by atoms with Crippen LogP contribution in [0, 0.1) is 6.92 Å². The summed E-state index contributed by atoms with van der Waals surface area (Å²) in [6.07, 6.45) is 0.557. The number of aromatic nitrogens is 2. The Kier molecular flexibility index (Phi) is 4.57. The molecular formula is C15H18ClN3O. The number of nitrogens with two attached hydrogens (primary N) is 1. The lowest BCUT2D eigenvalue weighted by atomic mass is 10.0. The van der Waals surface area contributed by atoms with Crippen molar-refractivity contribution in [3.63, 3.8) is 0 Å². The number of hydrogen-bond donors (Lipinski definition) is 1. The van der Waals surface area contributed by atoms with Gasteiger partial charge in [0.15, 0.2) is 0 Å². The third kappa shape index (κ3) is 3.26. The fraction of sp³-hybridized carbons (Fsp3) is 0.333. The number of ketones is 1. The average molecular weight is 292 g/mol. The molecule has 0 saturated carbocycles. The summed E-state index contributed by atoms with van der Waals surface area (Å²) in [5.41, 5.74) is 8.51. The lowest BCUT2D eigenvalue weighted by Crippen LogP contribution is -2.17. The maximum Gasteiger partial charge on any atom is 0.140 e. The van der Waals surface area contributed by atoms with Crippen LogP contribution in [-0.2, 0) is 18.3 Å². The van der Waals surface area contributed by atoms with Crippen LogP contribution in [-0.4, -0.2) is 15.6 Å². The minimum Gasteiger partial charge on any atom is -0.324 e. The molecule has 5 heteroatoms. The van der Waals surface area contributed by atoms with Gasteiger partial charge in [0.2, 0.25) is 0 Å². The molecule has 0 spiro atoms. The summed E-state index contributed by atoms with van der Waals surface area (Å²) >= 11 is 6.14. The van der Waals surface area contributed by atoms with Crippen LogP contribution in [0.3, 0.4) is 0 Å². The first-order valence-electron chi connectivity index (χ1n) is 6.49. The topological polar surface area (TPSA) is 60.9 Å². The summed E-state index contributed by atoms with van der Waals surface area (Å²) in [7, 11) is 1.79. The van der Waals surface area contributed by atoms with Crippen LogP contribution < -0.4 is 5.73 Å². The third-order valence-electron chi connectivity index (χ3n) is 3.30. The Morgan fingerprint density at radius 2 is 2.05 bits per heavy atom. The minimum atomic E-state index is -0.281. The van der Waals surface area contributed by atoms with Crippen LogP contribution in [0.2, 0.25) is 5.02 Å². The summed E-state index contributed by atoms with van der Waals surface area (Å²) in [4.78, 5) is 12.1. The number of halogens is 1. The third-order valence-corrected chi connectivity index (χ3v) is 3.79. The van der Waals surface area contributed by atoms with E-state index in [1.165, 1.54) is 0 Å². The highest BCUT2D eigenvalue weighted by Crippen LogP contribution is 2.21. The number of Topliss-reactive ketones (excluding diaryl/α,β-unsaturated/α-hetero) is 1. The van der Waals surface area contributed by atoms with Gasteiger partial charge in [0.25, 0.3) is 0 Å².